The van der Waals surface area contributed by atoms with Gasteiger partial charge in [-0.05, 0) is 65.9 Å². The van der Waals surface area contributed by atoms with Gasteiger partial charge in [0.05, 0.1) is 5.69 Å². The van der Waals surface area contributed by atoms with E-state index in [2.05, 4.69) is 58.2 Å². The first-order valence-corrected chi connectivity index (χ1v) is 9.10. The van der Waals surface area contributed by atoms with Gasteiger partial charge in [0.1, 0.15) is 0 Å². The van der Waals surface area contributed by atoms with E-state index >= 15 is 0 Å². The normalized spacial score (nSPS) is 15.9. The topological polar surface area (TPSA) is 15.3 Å². The lowest BCUT2D eigenvalue weighted by Crippen LogP contribution is -2.35. The molecule has 0 aromatic heterocycles. The summed E-state index contributed by atoms with van der Waals surface area (Å²) >= 11 is 3.80. The molecule has 0 bridgehead atoms. The lowest BCUT2D eigenvalue weighted by Gasteiger charge is -2.33. The third-order valence-corrected chi connectivity index (χ3v) is 5.05. The van der Waals surface area contributed by atoms with E-state index in [0.717, 1.165) is 18.5 Å². The van der Waals surface area contributed by atoms with Gasteiger partial charge in [0.2, 0.25) is 0 Å². The van der Waals surface area contributed by atoms with Gasteiger partial charge >= 0.3 is 0 Å². The van der Waals surface area contributed by atoms with Crippen molar-refractivity contribution in [3.05, 3.63) is 28.2 Å². The summed E-state index contributed by atoms with van der Waals surface area (Å²) in [6.45, 7) is 6.73. The zero-order valence-corrected chi connectivity index (χ0v) is 15.2. The molecule has 0 amide bonds. The summed E-state index contributed by atoms with van der Waals surface area (Å²) in [5.74, 6) is 0.760. The van der Waals surface area contributed by atoms with Gasteiger partial charge in [-0.3, -0.25) is 0 Å². The molecule has 1 aromatic carbocycles. The molecule has 0 radical (unpaired) electrons. The van der Waals surface area contributed by atoms with E-state index in [0.29, 0.717) is 0 Å². The van der Waals surface area contributed by atoms with Crippen molar-refractivity contribution < 1.29 is 0 Å². The summed E-state index contributed by atoms with van der Waals surface area (Å²) in [6.07, 6.45) is 6.74. The maximum absolute atomic E-state index is 3.80. The number of rotatable bonds is 7. The van der Waals surface area contributed by atoms with Crippen molar-refractivity contribution >= 4 is 21.6 Å². The second kappa shape index (κ2) is 8.19. The van der Waals surface area contributed by atoms with E-state index in [-0.39, 0.29) is 0 Å². The molecule has 1 saturated carbocycles. The van der Waals surface area contributed by atoms with Crippen molar-refractivity contribution in [2.75, 3.05) is 18.5 Å². The Bertz CT molecular complexity index is 439. The van der Waals surface area contributed by atoms with E-state index in [1.807, 2.05) is 7.05 Å². The molecule has 1 aliphatic rings. The van der Waals surface area contributed by atoms with Gasteiger partial charge < -0.3 is 10.2 Å². The molecule has 0 saturated heterocycles. The minimum atomic E-state index is 0.732. The van der Waals surface area contributed by atoms with Crippen LogP contribution in [0.3, 0.4) is 0 Å². The number of anilines is 1. The molecule has 1 fully saturated rings. The molecule has 118 valence electrons. The van der Waals surface area contributed by atoms with Crippen LogP contribution in [0.25, 0.3) is 0 Å². The van der Waals surface area contributed by atoms with E-state index in [1.165, 1.54) is 54.4 Å². The number of hydrogen-bond donors (Lipinski definition) is 1. The maximum Gasteiger partial charge on any atom is 0.0513 e. The zero-order chi connectivity index (χ0) is 15.2. The van der Waals surface area contributed by atoms with Gasteiger partial charge in [-0.1, -0.05) is 32.8 Å². The summed E-state index contributed by atoms with van der Waals surface area (Å²) in [5, 5.41) is 3.22. The molecule has 21 heavy (non-hydrogen) atoms. The Kier molecular flexibility index (Phi) is 6.56. The Morgan fingerprint density at radius 3 is 2.57 bits per heavy atom. The summed E-state index contributed by atoms with van der Waals surface area (Å²) < 4.78 is 1.24. The zero-order valence-electron chi connectivity index (χ0n) is 13.7. The molecule has 2 nitrogen and oxygen atoms in total. The number of benzene rings is 1. The highest BCUT2D eigenvalue weighted by Crippen LogP contribution is 2.34. The number of halogens is 1. The highest BCUT2D eigenvalue weighted by Gasteiger charge is 2.24. The number of nitrogens with one attached hydrogen (secondary N) is 1. The van der Waals surface area contributed by atoms with E-state index in [9.17, 15) is 0 Å². The first kappa shape index (κ1) is 16.8. The molecule has 0 spiro atoms. The average Bonchev–Trinajstić information content (AvgIpc) is 2.95. The smallest absolute Gasteiger partial charge is 0.0513 e. The predicted molar refractivity (Wildman–Crippen MR) is 96.0 cm³/mol. The summed E-state index contributed by atoms with van der Waals surface area (Å²) in [7, 11) is 2.00. The van der Waals surface area contributed by atoms with E-state index in [1.54, 1.807) is 0 Å². The summed E-state index contributed by atoms with van der Waals surface area (Å²) in [5.41, 5.74) is 2.71. The van der Waals surface area contributed by atoms with Crippen molar-refractivity contribution in [2.24, 2.45) is 5.92 Å². The number of hydrogen-bond acceptors (Lipinski definition) is 2. The van der Waals surface area contributed by atoms with Crippen LogP contribution in [0.5, 0.6) is 0 Å². The lowest BCUT2D eigenvalue weighted by molar-refractivity contribution is 0.528. The third-order valence-electron chi connectivity index (χ3n) is 4.42. The molecular weight excluding hydrogens is 324 g/mol. The van der Waals surface area contributed by atoms with Crippen molar-refractivity contribution in [2.45, 2.75) is 58.5 Å². The van der Waals surface area contributed by atoms with Gasteiger partial charge in [0.25, 0.3) is 0 Å². The van der Waals surface area contributed by atoms with Gasteiger partial charge in [-0.2, -0.15) is 0 Å². The van der Waals surface area contributed by atoms with Crippen molar-refractivity contribution in [3.63, 3.8) is 0 Å². The Morgan fingerprint density at radius 1 is 1.29 bits per heavy atom. The van der Waals surface area contributed by atoms with Crippen molar-refractivity contribution in [1.82, 2.24) is 5.32 Å². The van der Waals surface area contributed by atoms with Crippen LogP contribution in [0.2, 0.25) is 0 Å². The molecule has 1 N–H and O–H groups in total. The predicted octanol–water partition coefficient (Wildman–Crippen LogP) is 4.96. The molecule has 0 unspecified atom stereocenters. The standard InChI is InChI=1S/C18H29BrN2/c1-14(2)10-11-21(16-6-4-5-7-16)18-9-8-15(13-20-3)12-17(18)19/h8-9,12,14,16,20H,4-7,10-11,13H2,1-3H3. The summed E-state index contributed by atoms with van der Waals surface area (Å²) in [6, 6.07) is 7.56. The van der Waals surface area contributed by atoms with Crippen LogP contribution in [0, 0.1) is 5.92 Å². The molecule has 0 atom stereocenters. The first-order chi connectivity index (χ1) is 10.1. The first-order valence-electron chi connectivity index (χ1n) is 8.31. The van der Waals surface area contributed by atoms with Crippen molar-refractivity contribution in [1.29, 1.82) is 0 Å². The second-order valence-corrected chi connectivity index (χ2v) is 7.48. The Balaban J connectivity index is 2.18. The summed E-state index contributed by atoms with van der Waals surface area (Å²) in [4.78, 5) is 2.65. The monoisotopic (exact) mass is 352 g/mol. The molecule has 2 rings (SSSR count). The van der Waals surface area contributed by atoms with E-state index < -0.39 is 0 Å². The highest BCUT2D eigenvalue weighted by molar-refractivity contribution is 9.10. The van der Waals surface area contributed by atoms with Crippen LogP contribution in [-0.2, 0) is 6.54 Å². The van der Waals surface area contributed by atoms with Gasteiger partial charge in [-0.15, -0.1) is 0 Å². The van der Waals surface area contributed by atoms with Gasteiger partial charge in [0.15, 0.2) is 0 Å². The molecular formula is C18H29BrN2. The fourth-order valence-corrected chi connectivity index (χ4v) is 3.86. The molecule has 3 heteroatoms. The molecule has 0 aliphatic heterocycles. The minimum absolute atomic E-state index is 0.732. The van der Waals surface area contributed by atoms with Crippen LogP contribution in [0.15, 0.2) is 22.7 Å². The largest absolute Gasteiger partial charge is 0.368 e. The maximum atomic E-state index is 3.80. The lowest BCUT2D eigenvalue weighted by atomic mass is 10.1. The third kappa shape index (κ3) is 4.72. The average molecular weight is 353 g/mol. The fourth-order valence-electron chi connectivity index (χ4n) is 3.21. The van der Waals surface area contributed by atoms with Gasteiger partial charge in [0, 0.05) is 23.6 Å². The minimum Gasteiger partial charge on any atom is -0.368 e. The Morgan fingerprint density at radius 2 is 2.00 bits per heavy atom. The van der Waals surface area contributed by atoms with Crippen molar-refractivity contribution in [3.8, 4) is 0 Å². The number of nitrogens with zero attached hydrogens (tertiary/aromatic N) is 1. The molecule has 0 heterocycles. The fraction of sp³-hybridized carbons (Fsp3) is 0.667. The van der Waals surface area contributed by atoms with E-state index in [4.69, 9.17) is 0 Å². The van der Waals surface area contributed by atoms with Crippen LogP contribution in [0.1, 0.15) is 51.5 Å². The van der Waals surface area contributed by atoms with Crippen LogP contribution in [0.4, 0.5) is 5.69 Å². The quantitative estimate of drug-likeness (QED) is 0.745. The van der Waals surface area contributed by atoms with Gasteiger partial charge in [-0.25, -0.2) is 0 Å². The van der Waals surface area contributed by atoms with Crippen LogP contribution >= 0.6 is 15.9 Å². The highest BCUT2D eigenvalue weighted by atomic mass is 79.9. The van der Waals surface area contributed by atoms with Crippen LogP contribution in [-0.4, -0.2) is 19.6 Å². The Hall–Kier alpha value is -0.540. The van der Waals surface area contributed by atoms with Crippen LogP contribution < -0.4 is 10.2 Å². The Labute approximate surface area is 138 Å². The molecule has 1 aromatic rings. The molecule has 1 aliphatic carbocycles. The second-order valence-electron chi connectivity index (χ2n) is 6.63. The SMILES string of the molecule is CNCc1ccc(N(CCC(C)C)C2CCCC2)c(Br)c1.